The molecule has 5 heteroatoms. The molecule has 5 aromatic rings. The number of nitrogens with zero attached hydrogens (tertiary/aromatic N) is 4. The first kappa shape index (κ1) is 15.6. The second kappa shape index (κ2) is 6.29. The molecule has 130 valence electrons. The van der Waals surface area contributed by atoms with E-state index in [-0.39, 0.29) is 5.82 Å². The fraction of sp³-hybridized carbons (Fsp3) is 0.0455. The van der Waals surface area contributed by atoms with Crippen LogP contribution in [0.4, 0.5) is 4.39 Å². The summed E-state index contributed by atoms with van der Waals surface area (Å²) in [5, 5.41) is 10.3. The molecule has 0 bridgehead atoms. The Hall–Kier alpha value is -3.60. The molecule has 0 saturated carbocycles. The molecule has 2 aromatic heterocycles. The van der Waals surface area contributed by atoms with Crippen molar-refractivity contribution in [3.8, 4) is 11.3 Å². The maximum Gasteiger partial charge on any atom is 0.184 e. The van der Waals surface area contributed by atoms with Crippen molar-refractivity contribution in [1.29, 1.82) is 0 Å². The first-order valence-electron chi connectivity index (χ1n) is 8.72. The van der Waals surface area contributed by atoms with Crippen molar-refractivity contribution in [1.82, 2.24) is 19.8 Å². The average molecular weight is 354 g/mol. The Kier molecular flexibility index (Phi) is 3.64. The summed E-state index contributed by atoms with van der Waals surface area (Å²) in [6.07, 6.45) is 0.563. The molecule has 0 fully saturated rings. The van der Waals surface area contributed by atoms with E-state index in [0.717, 1.165) is 39.1 Å². The van der Waals surface area contributed by atoms with Gasteiger partial charge in [0.1, 0.15) is 11.5 Å². The van der Waals surface area contributed by atoms with Crippen LogP contribution in [0.15, 0.2) is 78.9 Å². The number of benzene rings is 3. The largest absolute Gasteiger partial charge is 0.229 e. The van der Waals surface area contributed by atoms with Crippen LogP contribution in [0.1, 0.15) is 11.3 Å². The van der Waals surface area contributed by atoms with Crippen LogP contribution in [0, 0.1) is 5.82 Å². The van der Waals surface area contributed by atoms with Crippen molar-refractivity contribution in [2.24, 2.45) is 0 Å². The Balaban J connectivity index is 1.74. The molecule has 0 saturated heterocycles. The van der Waals surface area contributed by atoms with E-state index in [9.17, 15) is 4.39 Å². The van der Waals surface area contributed by atoms with Gasteiger partial charge in [0, 0.05) is 17.4 Å². The lowest BCUT2D eigenvalue weighted by Gasteiger charge is -2.09. The summed E-state index contributed by atoms with van der Waals surface area (Å²) in [6, 6.07) is 24.3. The lowest BCUT2D eigenvalue weighted by Crippen LogP contribution is -2.05. The molecular formula is C22H15FN4. The van der Waals surface area contributed by atoms with E-state index in [1.165, 1.54) is 12.1 Å². The van der Waals surface area contributed by atoms with Crippen molar-refractivity contribution >= 4 is 16.6 Å². The molecule has 0 aliphatic rings. The van der Waals surface area contributed by atoms with E-state index in [4.69, 9.17) is 10.1 Å². The topological polar surface area (TPSA) is 43.1 Å². The van der Waals surface area contributed by atoms with Crippen LogP contribution < -0.4 is 0 Å². The molecule has 3 aromatic carbocycles. The van der Waals surface area contributed by atoms with E-state index in [1.54, 1.807) is 16.8 Å². The predicted molar refractivity (Wildman–Crippen MR) is 103 cm³/mol. The van der Waals surface area contributed by atoms with Gasteiger partial charge in [-0.25, -0.2) is 9.37 Å². The molecule has 0 atom stereocenters. The van der Waals surface area contributed by atoms with E-state index in [2.05, 4.69) is 5.10 Å². The number of rotatable bonds is 3. The van der Waals surface area contributed by atoms with Gasteiger partial charge < -0.3 is 0 Å². The average Bonchev–Trinajstić information content (AvgIpc) is 3.07. The normalized spacial score (nSPS) is 11.3. The number of aromatic nitrogens is 4. The lowest BCUT2D eigenvalue weighted by molar-refractivity contribution is 0.627. The van der Waals surface area contributed by atoms with E-state index in [0.29, 0.717) is 6.42 Å². The summed E-state index contributed by atoms with van der Waals surface area (Å²) < 4.78 is 14.9. The zero-order valence-corrected chi connectivity index (χ0v) is 14.4. The molecular weight excluding hydrogens is 339 g/mol. The molecule has 0 aliphatic heterocycles. The Morgan fingerprint density at radius 3 is 2.33 bits per heavy atom. The minimum Gasteiger partial charge on any atom is -0.229 e. The van der Waals surface area contributed by atoms with E-state index < -0.39 is 0 Å². The van der Waals surface area contributed by atoms with Crippen LogP contribution in [0.25, 0.3) is 27.8 Å². The fourth-order valence-corrected chi connectivity index (χ4v) is 3.25. The molecule has 0 unspecified atom stereocenters. The molecule has 4 nitrogen and oxygen atoms in total. The summed E-state index contributed by atoms with van der Waals surface area (Å²) >= 11 is 0. The van der Waals surface area contributed by atoms with Gasteiger partial charge in [-0.15, -0.1) is 14.8 Å². The maximum atomic E-state index is 13.3. The van der Waals surface area contributed by atoms with Gasteiger partial charge in [0.2, 0.25) is 0 Å². The van der Waals surface area contributed by atoms with Crippen LogP contribution in [0.5, 0.6) is 0 Å². The highest BCUT2D eigenvalue weighted by Gasteiger charge is 2.15. The van der Waals surface area contributed by atoms with Gasteiger partial charge in [-0.1, -0.05) is 54.6 Å². The van der Waals surface area contributed by atoms with E-state index >= 15 is 0 Å². The number of hydrogen-bond acceptors (Lipinski definition) is 3. The quantitative estimate of drug-likeness (QED) is 0.473. The minimum absolute atomic E-state index is 0.245. The highest BCUT2D eigenvalue weighted by atomic mass is 19.1. The van der Waals surface area contributed by atoms with Gasteiger partial charge >= 0.3 is 0 Å². The maximum absolute atomic E-state index is 13.3. The van der Waals surface area contributed by atoms with Crippen LogP contribution >= 0.6 is 0 Å². The first-order chi connectivity index (χ1) is 13.3. The van der Waals surface area contributed by atoms with Crippen molar-refractivity contribution in [3.05, 3.63) is 95.9 Å². The molecule has 0 N–H and O–H groups in total. The van der Waals surface area contributed by atoms with Crippen molar-refractivity contribution in [2.75, 3.05) is 0 Å². The smallest absolute Gasteiger partial charge is 0.184 e. The van der Waals surface area contributed by atoms with Gasteiger partial charge in [0.15, 0.2) is 5.65 Å². The molecule has 0 spiro atoms. The molecule has 0 radical (unpaired) electrons. The Morgan fingerprint density at radius 1 is 0.778 bits per heavy atom. The van der Waals surface area contributed by atoms with Gasteiger partial charge in [-0.05, 0) is 29.8 Å². The Morgan fingerprint density at radius 2 is 1.52 bits per heavy atom. The summed E-state index contributed by atoms with van der Waals surface area (Å²) in [5.74, 6) is -0.245. The van der Waals surface area contributed by atoms with Gasteiger partial charge in [-0.3, -0.25) is 0 Å². The number of halogens is 1. The van der Waals surface area contributed by atoms with E-state index in [1.807, 2.05) is 54.6 Å². The molecule has 0 amide bonds. The summed E-state index contributed by atoms with van der Waals surface area (Å²) in [7, 11) is 0. The van der Waals surface area contributed by atoms with Crippen molar-refractivity contribution < 1.29 is 4.39 Å². The second-order valence-electron chi connectivity index (χ2n) is 6.41. The van der Waals surface area contributed by atoms with Crippen LogP contribution in [0.2, 0.25) is 0 Å². The molecule has 27 heavy (non-hydrogen) atoms. The zero-order chi connectivity index (χ0) is 18.2. The number of fused-ring (bicyclic) bond motifs is 3. The number of hydrogen-bond donors (Lipinski definition) is 0. The van der Waals surface area contributed by atoms with Crippen LogP contribution in [-0.4, -0.2) is 19.8 Å². The second-order valence-corrected chi connectivity index (χ2v) is 6.41. The standard InChI is InChI=1S/C22H15FN4/c23-17-12-10-15(11-13-17)14-20-21(16-6-2-1-3-7-16)26-27-22(24-20)18-8-4-5-9-19(18)25-27/h1-13H,14H2. The molecule has 2 heterocycles. The summed E-state index contributed by atoms with van der Waals surface area (Å²) in [4.78, 5) is 4.90. The lowest BCUT2D eigenvalue weighted by atomic mass is 10.0. The first-order valence-corrected chi connectivity index (χ1v) is 8.72. The third kappa shape index (κ3) is 2.83. The third-order valence-electron chi connectivity index (χ3n) is 4.58. The SMILES string of the molecule is Fc1ccc(Cc2nc3c4ccccc4nn3nc2-c2ccccc2)cc1. The van der Waals surface area contributed by atoms with Crippen molar-refractivity contribution in [2.45, 2.75) is 6.42 Å². The molecule has 5 rings (SSSR count). The minimum atomic E-state index is -0.245. The van der Waals surface area contributed by atoms with Gasteiger partial charge in [-0.2, -0.15) is 0 Å². The third-order valence-corrected chi connectivity index (χ3v) is 4.58. The fourth-order valence-electron chi connectivity index (χ4n) is 3.25. The predicted octanol–water partition coefficient (Wildman–Crippen LogP) is 4.67. The summed E-state index contributed by atoms with van der Waals surface area (Å²) in [6.45, 7) is 0. The Bertz CT molecular complexity index is 1240. The highest BCUT2D eigenvalue weighted by molar-refractivity contribution is 5.92. The van der Waals surface area contributed by atoms with Crippen molar-refractivity contribution in [3.63, 3.8) is 0 Å². The summed E-state index contributed by atoms with van der Waals surface area (Å²) in [5.41, 5.74) is 5.16. The zero-order valence-electron chi connectivity index (χ0n) is 14.4. The highest BCUT2D eigenvalue weighted by Crippen LogP contribution is 2.25. The monoisotopic (exact) mass is 354 g/mol. The molecule has 0 aliphatic carbocycles. The van der Waals surface area contributed by atoms with Gasteiger partial charge in [0.05, 0.1) is 11.2 Å². The van der Waals surface area contributed by atoms with Crippen LogP contribution in [-0.2, 0) is 6.42 Å². The van der Waals surface area contributed by atoms with Gasteiger partial charge in [0.25, 0.3) is 0 Å². The van der Waals surface area contributed by atoms with Crippen LogP contribution in [0.3, 0.4) is 0 Å². The Labute approximate surface area is 154 Å².